The third kappa shape index (κ3) is 4.57. The van der Waals surface area contributed by atoms with E-state index in [4.69, 9.17) is 4.74 Å². The lowest BCUT2D eigenvalue weighted by molar-refractivity contribution is -0.123. The molecule has 1 unspecified atom stereocenters. The van der Waals surface area contributed by atoms with Gasteiger partial charge in [-0.25, -0.2) is 0 Å². The second-order valence-corrected chi connectivity index (χ2v) is 5.88. The van der Waals surface area contributed by atoms with Gasteiger partial charge in [-0.05, 0) is 28.7 Å². The van der Waals surface area contributed by atoms with Crippen LogP contribution in [0.1, 0.15) is 22.3 Å². The minimum Gasteiger partial charge on any atom is -0.380 e. The molecule has 1 atom stereocenters. The predicted octanol–water partition coefficient (Wildman–Crippen LogP) is 2.59. The first kappa shape index (κ1) is 18.5. The summed E-state index contributed by atoms with van der Waals surface area (Å²) in [6, 6.07) is 16.2. The molecule has 0 fully saturated rings. The normalized spacial score (nSPS) is 16.0. The largest absolute Gasteiger partial charge is 0.380 e. The lowest BCUT2D eigenvalue weighted by Gasteiger charge is -2.25. The maximum absolute atomic E-state index is 12.4. The monoisotopic (exact) mass is 346 g/mol. The molecule has 0 spiro atoms. The maximum Gasteiger partial charge on any atom is 0.237 e. The Morgan fingerprint density at radius 2 is 1.92 bits per heavy atom. The van der Waals surface area contributed by atoms with Gasteiger partial charge in [-0.15, -0.1) is 12.4 Å². The number of fused-ring (bicyclic) bond motifs is 1. The van der Waals surface area contributed by atoms with Crippen molar-refractivity contribution in [2.45, 2.75) is 32.2 Å². The molecule has 5 heteroatoms. The minimum absolute atomic E-state index is 0. The molecular weight excluding hydrogens is 324 g/mol. The molecule has 1 aliphatic rings. The van der Waals surface area contributed by atoms with Crippen LogP contribution >= 0.6 is 12.4 Å². The molecule has 2 aromatic rings. The first-order valence-electron chi connectivity index (χ1n) is 7.91. The van der Waals surface area contributed by atoms with Gasteiger partial charge < -0.3 is 15.4 Å². The van der Waals surface area contributed by atoms with Crippen LogP contribution in [0.3, 0.4) is 0 Å². The van der Waals surface area contributed by atoms with Gasteiger partial charge in [0.15, 0.2) is 0 Å². The van der Waals surface area contributed by atoms with Crippen LogP contribution in [0.25, 0.3) is 0 Å². The zero-order valence-corrected chi connectivity index (χ0v) is 14.6. The van der Waals surface area contributed by atoms with Gasteiger partial charge in [0.2, 0.25) is 5.91 Å². The molecular formula is C19H23ClN2O2. The van der Waals surface area contributed by atoms with Gasteiger partial charge in [0, 0.05) is 20.2 Å². The molecule has 2 N–H and O–H groups in total. The topological polar surface area (TPSA) is 50.4 Å². The smallest absolute Gasteiger partial charge is 0.237 e. The van der Waals surface area contributed by atoms with E-state index in [1.165, 1.54) is 11.1 Å². The SMILES string of the molecule is COCc1cccc(CNC(=O)C2Cc3ccccc3CN2)c1.Cl. The fourth-order valence-corrected chi connectivity index (χ4v) is 2.95. The molecule has 24 heavy (non-hydrogen) atoms. The number of amides is 1. The van der Waals surface area contributed by atoms with E-state index in [2.05, 4.69) is 28.8 Å². The number of hydrogen-bond acceptors (Lipinski definition) is 3. The molecule has 2 aromatic carbocycles. The Bertz CT molecular complexity index is 691. The minimum atomic E-state index is -0.160. The molecule has 1 amide bonds. The van der Waals surface area contributed by atoms with Crippen LogP contribution in [0.15, 0.2) is 48.5 Å². The zero-order chi connectivity index (χ0) is 16.1. The summed E-state index contributed by atoms with van der Waals surface area (Å²) in [5.74, 6) is 0.0525. The van der Waals surface area contributed by atoms with Crippen molar-refractivity contribution in [2.75, 3.05) is 7.11 Å². The Hall–Kier alpha value is -1.88. The van der Waals surface area contributed by atoms with Crippen LogP contribution < -0.4 is 10.6 Å². The Kier molecular flexibility index (Phi) is 6.79. The maximum atomic E-state index is 12.4. The van der Waals surface area contributed by atoms with Gasteiger partial charge in [-0.1, -0.05) is 48.5 Å². The van der Waals surface area contributed by atoms with Gasteiger partial charge in [0.05, 0.1) is 12.6 Å². The van der Waals surface area contributed by atoms with E-state index >= 15 is 0 Å². The summed E-state index contributed by atoms with van der Waals surface area (Å²) in [6.07, 6.45) is 0.742. The van der Waals surface area contributed by atoms with Crippen molar-refractivity contribution in [3.05, 3.63) is 70.8 Å². The summed E-state index contributed by atoms with van der Waals surface area (Å²) in [7, 11) is 1.68. The average Bonchev–Trinajstić information content (AvgIpc) is 2.60. The van der Waals surface area contributed by atoms with Crippen molar-refractivity contribution in [1.29, 1.82) is 0 Å². The van der Waals surface area contributed by atoms with E-state index in [-0.39, 0.29) is 24.4 Å². The van der Waals surface area contributed by atoms with Crippen molar-refractivity contribution in [2.24, 2.45) is 0 Å². The Balaban J connectivity index is 0.00000208. The van der Waals surface area contributed by atoms with Crippen LogP contribution in [-0.2, 0) is 35.6 Å². The summed E-state index contributed by atoms with van der Waals surface area (Å²) in [6.45, 7) is 1.87. The van der Waals surface area contributed by atoms with Crippen LogP contribution in [0, 0.1) is 0 Å². The second kappa shape index (κ2) is 8.83. The van der Waals surface area contributed by atoms with Gasteiger partial charge in [0.1, 0.15) is 0 Å². The van der Waals surface area contributed by atoms with E-state index in [0.29, 0.717) is 13.2 Å². The van der Waals surface area contributed by atoms with Crippen molar-refractivity contribution < 1.29 is 9.53 Å². The van der Waals surface area contributed by atoms with Gasteiger partial charge in [0.25, 0.3) is 0 Å². The Morgan fingerprint density at radius 1 is 1.17 bits per heavy atom. The summed E-state index contributed by atoms with van der Waals surface area (Å²) in [4.78, 5) is 12.4. The van der Waals surface area contributed by atoms with Crippen molar-refractivity contribution >= 4 is 18.3 Å². The Labute approximate surface area is 149 Å². The van der Waals surface area contributed by atoms with E-state index in [1.807, 2.05) is 30.3 Å². The molecule has 128 valence electrons. The first-order valence-corrected chi connectivity index (χ1v) is 7.91. The van der Waals surface area contributed by atoms with Crippen LogP contribution in [-0.4, -0.2) is 19.1 Å². The molecule has 1 aliphatic heterocycles. The molecule has 4 nitrogen and oxygen atoms in total. The Morgan fingerprint density at radius 3 is 2.71 bits per heavy atom. The van der Waals surface area contributed by atoms with E-state index in [1.54, 1.807) is 7.11 Å². The fourth-order valence-electron chi connectivity index (χ4n) is 2.95. The number of rotatable bonds is 5. The van der Waals surface area contributed by atoms with Crippen LogP contribution in [0.5, 0.6) is 0 Å². The van der Waals surface area contributed by atoms with Crippen LogP contribution in [0.2, 0.25) is 0 Å². The molecule has 1 heterocycles. The molecule has 0 bridgehead atoms. The highest BCUT2D eigenvalue weighted by Gasteiger charge is 2.23. The number of benzene rings is 2. The number of hydrogen-bond donors (Lipinski definition) is 2. The average molecular weight is 347 g/mol. The third-order valence-electron chi connectivity index (χ3n) is 4.17. The number of carbonyl (C=O) groups excluding carboxylic acids is 1. The predicted molar refractivity (Wildman–Crippen MR) is 97.0 cm³/mol. The lowest BCUT2D eigenvalue weighted by atomic mass is 9.95. The summed E-state index contributed by atoms with van der Waals surface area (Å²) in [5, 5.41) is 6.34. The second-order valence-electron chi connectivity index (χ2n) is 5.88. The molecule has 0 aromatic heterocycles. The highest BCUT2D eigenvalue weighted by molar-refractivity contribution is 5.85. The number of methoxy groups -OCH3 is 1. The quantitative estimate of drug-likeness (QED) is 0.875. The molecule has 3 rings (SSSR count). The first-order chi connectivity index (χ1) is 11.3. The standard InChI is InChI=1S/C19H22N2O2.ClH/c1-23-13-15-6-4-5-14(9-15)11-21-19(22)18-10-16-7-2-3-8-17(16)12-20-18;/h2-9,18,20H,10-13H2,1H3,(H,21,22);1H. The summed E-state index contributed by atoms with van der Waals surface area (Å²) >= 11 is 0. The van der Waals surface area contributed by atoms with E-state index in [9.17, 15) is 4.79 Å². The van der Waals surface area contributed by atoms with Crippen LogP contribution in [0.4, 0.5) is 0 Å². The van der Waals surface area contributed by atoms with Gasteiger partial charge in [-0.2, -0.15) is 0 Å². The molecule has 0 radical (unpaired) electrons. The zero-order valence-electron chi connectivity index (χ0n) is 13.7. The summed E-state index contributed by atoms with van der Waals surface area (Å²) in [5.41, 5.74) is 4.74. The highest BCUT2D eigenvalue weighted by Crippen LogP contribution is 2.16. The molecule has 0 aliphatic carbocycles. The number of halogens is 1. The number of nitrogens with one attached hydrogen (secondary N) is 2. The van der Waals surface area contributed by atoms with Crippen molar-refractivity contribution in [3.63, 3.8) is 0 Å². The van der Waals surface area contributed by atoms with E-state index in [0.717, 1.165) is 24.1 Å². The molecule has 0 saturated heterocycles. The number of carbonyl (C=O) groups is 1. The lowest BCUT2D eigenvalue weighted by Crippen LogP contribution is -2.47. The number of ether oxygens (including phenoxy) is 1. The van der Waals surface area contributed by atoms with E-state index < -0.39 is 0 Å². The highest BCUT2D eigenvalue weighted by atomic mass is 35.5. The van der Waals surface area contributed by atoms with Crippen molar-refractivity contribution in [1.82, 2.24) is 10.6 Å². The summed E-state index contributed by atoms with van der Waals surface area (Å²) < 4.78 is 5.14. The fraction of sp³-hybridized carbons (Fsp3) is 0.316. The van der Waals surface area contributed by atoms with Gasteiger partial charge in [-0.3, -0.25) is 4.79 Å². The molecule has 0 saturated carbocycles. The third-order valence-corrected chi connectivity index (χ3v) is 4.17. The van der Waals surface area contributed by atoms with Gasteiger partial charge >= 0.3 is 0 Å². The van der Waals surface area contributed by atoms with Crippen molar-refractivity contribution in [3.8, 4) is 0 Å².